The second-order valence-electron chi connectivity index (χ2n) is 5.48. The summed E-state index contributed by atoms with van der Waals surface area (Å²) >= 11 is 0. The number of ether oxygens (including phenoxy) is 1. The molecule has 3 aliphatic rings. The molecule has 1 N–H and O–H groups in total. The van der Waals surface area contributed by atoms with Crippen LogP contribution in [-0.4, -0.2) is 17.5 Å². The summed E-state index contributed by atoms with van der Waals surface area (Å²) in [5.74, 6) is 0.148. The highest BCUT2D eigenvalue weighted by Gasteiger charge is 2.65. The molecule has 4 rings (SSSR count). The molecule has 2 atom stereocenters. The Hall–Kier alpha value is -1.71. The third-order valence-corrected chi connectivity index (χ3v) is 4.41. The number of hydrogen-bond acceptors (Lipinski definition) is 3. The van der Waals surface area contributed by atoms with Crippen molar-refractivity contribution < 1.29 is 14.6 Å². The molecule has 0 radical (unpaired) electrons. The van der Waals surface area contributed by atoms with Crippen LogP contribution in [0.5, 0.6) is 0 Å². The zero-order valence-corrected chi connectivity index (χ0v) is 10.4. The molecule has 1 fully saturated rings. The van der Waals surface area contributed by atoms with E-state index in [4.69, 9.17) is 4.74 Å². The predicted molar refractivity (Wildman–Crippen MR) is 69.4 cm³/mol. The molecule has 1 heterocycles. The van der Waals surface area contributed by atoms with Crippen LogP contribution in [0.2, 0.25) is 0 Å². The molecule has 2 spiro atoms. The molecule has 0 amide bonds. The van der Waals surface area contributed by atoms with Gasteiger partial charge in [0, 0.05) is 12.5 Å². The summed E-state index contributed by atoms with van der Waals surface area (Å²) in [5.41, 5.74) is 1.25. The molecule has 1 saturated carbocycles. The summed E-state index contributed by atoms with van der Waals surface area (Å²) in [6, 6.07) is 8.09. The molecule has 1 aromatic carbocycles. The average Bonchev–Trinajstić information content (AvgIpc) is 3.08. The minimum absolute atomic E-state index is 0.0119. The average molecular weight is 254 g/mol. The fraction of sp³-hybridized carbons (Fsp3) is 0.312. The number of carbonyl (C=O) groups excluding carboxylic acids is 1. The third kappa shape index (κ3) is 1.32. The van der Waals surface area contributed by atoms with Crippen LogP contribution < -0.4 is 0 Å². The number of carbonyl (C=O) groups is 1. The second-order valence-corrected chi connectivity index (χ2v) is 5.48. The van der Waals surface area contributed by atoms with E-state index in [1.165, 1.54) is 0 Å². The predicted octanol–water partition coefficient (Wildman–Crippen LogP) is 1.81. The highest BCUT2D eigenvalue weighted by atomic mass is 16.5. The van der Waals surface area contributed by atoms with Crippen LogP contribution >= 0.6 is 0 Å². The van der Waals surface area contributed by atoms with Gasteiger partial charge in [-0.05, 0) is 41.9 Å². The van der Waals surface area contributed by atoms with Crippen molar-refractivity contribution in [1.82, 2.24) is 0 Å². The smallest absolute Gasteiger partial charge is 0.178 e. The van der Waals surface area contributed by atoms with Gasteiger partial charge in [-0.2, -0.15) is 0 Å². The number of aliphatic hydroxyl groups excluding tert-OH is 1. The van der Waals surface area contributed by atoms with Crippen molar-refractivity contribution in [3.05, 3.63) is 59.7 Å². The van der Waals surface area contributed by atoms with Gasteiger partial charge in [0.05, 0.1) is 0 Å². The fourth-order valence-electron chi connectivity index (χ4n) is 3.35. The van der Waals surface area contributed by atoms with E-state index in [0.29, 0.717) is 0 Å². The van der Waals surface area contributed by atoms with Gasteiger partial charge in [-0.3, -0.25) is 4.79 Å². The normalized spacial score (nSPS) is 33.1. The first-order chi connectivity index (χ1) is 9.20. The summed E-state index contributed by atoms with van der Waals surface area (Å²) in [6.45, 7) is 0.136. The zero-order chi connectivity index (χ0) is 13.1. The fourth-order valence-corrected chi connectivity index (χ4v) is 3.35. The summed E-state index contributed by atoms with van der Waals surface area (Å²) in [5, 5.41) is 9.42. The molecular formula is C16H14O3. The van der Waals surface area contributed by atoms with Gasteiger partial charge in [0.15, 0.2) is 5.78 Å². The van der Waals surface area contributed by atoms with E-state index in [2.05, 4.69) is 6.07 Å². The number of benzene rings is 1. The molecule has 0 aromatic heterocycles. The molecule has 0 unspecified atom stereocenters. The van der Waals surface area contributed by atoms with Crippen LogP contribution in [0, 0.1) is 5.92 Å². The van der Waals surface area contributed by atoms with Gasteiger partial charge in [-0.25, -0.2) is 0 Å². The monoisotopic (exact) mass is 254 g/mol. The molecule has 19 heavy (non-hydrogen) atoms. The third-order valence-electron chi connectivity index (χ3n) is 4.41. The van der Waals surface area contributed by atoms with Crippen molar-refractivity contribution in [3.63, 3.8) is 0 Å². The highest BCUT2D eigenvalue weighted by molar-refractivity contribution is 6.00. The second kappa shape index (κ2) is 3.44. The highest BCUT2D eigenvalue weighted by Crippen LogP contribution is 2.64. The van der Waals surface area contributed by atoms with Crippen molar-refractivity contribution >= 4 is 5.78 Å². The van der Waals surface area contributed by atoms with Crippen molar-refractivity contribution in [2.45, 2.75) is 17.6 Å². The van der Waals surface area contributed by atoms with E-state index in [9.17, 15) is 9.90 Å². The first-order valence-electron chi connectivity index (χ1n) is 6.54. The maximum atomic E-state index is 11.3. The molecular weight excluding hydrogens is 240 g/mol. The van der Waals surface area contributed by atoms with Gasteiger partial charge in [-0.1, -0.05) is 24.3 Å². The number of aliphatic hydroxyl groups is 1. The van der Waals surface area contributed by atoms with Crippen molar-refractivity contribution in [2.24, 2.45) is 5.92 Å². The Morgan fingerprint density at radius 3 is 2.53 bits per heavy atom. The summed E-state index contributed by atoms with van der Waals surface area (Å²) in [6.07, 6.45) is 7.63. The number of rotatable bonds is 1. The molecule has 1 aliphatic heterocycles. The van der Waals surface area contributed by atoms with Crippen LogP contribution in [0.4, 0.5) is 0 Å². The van der Waals surface area contributed by atoms with Crippen LogP contribution in [0.1, 0.15) is 17.5 Å². The Labute approximate surface area is 111 Å². The maximum Gasteiger partial charge on any atom is 0.178 e. The minimum Gasteiger partial charge on any atom is -0.396 e. The first-order valence-corrected chi connectivity index (χ1v) is 6.54. The van der Waals surface area contributed by atoms with Crippen molar-refractivity contribution in [3.8, 4) is 0 Å². The Morgan fingerprint density at radius 1 is 1.21 bits per heavy atom. The molecule has 2 aliphatic carbocycles. The molecule has 96 valence electrons. The SMILES string of the molecule is O=C1C=CC2(C=C1)O[C@]1(C[C@H]1CO)c1ccccc12. The molecule has 3 nitrogen and oxygen atoms in total. The van der Waals surface area contributed by atoms with Gasteiger partial charge < -0.3 is 9.84 Å². The number of ketones is 1. The van der Waals surface area contributed by atoms with Gasteiger partial charge in [0.2, 0.25) is 0 Å². The zero-order valence-electron chi connectivity index (χ0n) is 10.4. The Kier molecular flexibility index (Phi) is 2.02. The minimum atomic E-state index is -0.631. The Morgan fingerprint density at radius 2 is 1.89 bits per heavy atom. The number of fused-ring (bicyclic) bond motifs is 3. The topological polar surface area (TPSA) is 46.5 Å². The Bertz CT molecular complexity index is 613. The van der Waals surface area contributed by atoms with Crippen LogP contribution in [0.15, 0.2) is 48.6 Å². The van der Waals surface area contributed by atoms with E-state index in [0.717, 1.165) is 17.5 Å². The molecule has 3 heteroatoms. The molecule has 0 saturated heterocycles. The number of hydrogen-bond donors (Lipinski definition) is 1. The van der Waals surface area contributed by atoms with Crippen LogP contribution in [-0.2, 0) is 20.7 Å². The Balaban J connectivity index is 1.88. The summed E-state index contributed by atoms with van der Waals surface area (Å²) < 4.78 is 6.32. The van der Waals surface area contributed by atoms with Crippen molar-refractivity contribution in [2.75, 3.05) is 6.61 Å². The lowest BCUT2D eigenvalue weighted by Crippen LogP contribution is -2.25. The summed E-state index contributed by atoms with van der Waals surface area (Å²) in [7, 11) is 0. The van der Waals surface area contributed by atoms with Crippen molar-refractivity contribution in [1.29, 1.82) is 0 Å². The molecule has 1 aromatic rings. The van der Waals surface area contributed by atoms with Gasteiger partial charge in [0.25, 0.3) is 0 Å². The lowest BCUT2D eigenvalue weighted by molar-refractivity contribution is -0.111. The van der Waals surface area contributed by atoms with E-state index >= 15 is 0 Å². The van der Waals surface area contributed by atoms with Gasteiger partial charge in [-0.15, -0.1) is 0 Å². The largest absolute Gasteiger partial charge is 0.396 e. The van der Waals surface area contributed by atoms with E-state index < -0.39 is 5.60 Å². The van der Waals surface area contributed by atoms with Gasteiger partial charge in [0.1, 0.15) is 11.2 Å². The maximum absolute atomic E-state index is 11.3. The van der Waals surface area contributed by atoms with E-state index in [1.54, 1.807) is 12.2 Å². The van der Waals surface area contributed by atoms with Crippen LogP contribution in [0.25, 0.3) is 0 Å². The standard InChI is InChI=1S/C16H14O3/c17-10-11-9-16(11)14-4-2-1-3-13(14)15(19-16)7-5-12(18)6-8-15/h1-8,11,17H,9-10H2/t11-,16-/m0/s1. The van der Waals surface area contributed by atoms with Gasteiger partial charge >= 0.3 is 0 Å². The lowest BCUT2D eigenvalue weighted by atomic mass is 9.87. The van der Waals surface area contributed by atoms with E-state index in [1.807, 2.05) is 30.4 Å². The number of allylic oxidation sites excluding steroid dienone is 2. The summed E-state index contributed by atoms with van der Waals surface area (Å²) in [4.78, 5) is 11.3. The lowest BCUT2D eigenvalue weighted by Gasteiger charge is -2.25. The first kappa shape index (κ1) is 11.1. The molecule has 0 bridgehead atoms. The van der Waals surface area contributed by atoms with E-state index in [-0.39, 0.29) is 23.9 Å². The quantitative estimate of drug-likeness (QED) is 0.831. The van der Waals surface area contributed by atoms with Crippen LogP contribution in [0.3, 0.4) is 0 Å².